The smallest absolute Gasteiger partial charge is 0.244 e. The topological polar surface area (TPSA) is 70.4 Å². The molecule has 6 nitrogen and oxygen atoms in total. The number of rotatable bonds is 6. The predicted octanol–water partition coefficient (Wildman–Crippen LogP) is -0.138. The summed E-state index contributed by atoms with van der Waals surface area (Å²) in [6.45, 7) is 2.39. The van der Waals surface area contributed by atoms with Gasteiger partial charge in [-0.25, -0.2) is 0 Å². The monoisotopic (exact) mass is 266 g/mol. The first-order valence-electron chi connectivity index (χ1n) is 6.11. The minimum atomic E-state index is -0.945. The lowest BCUT2D eigenvalue weighted by Gasteiger charge is -2.26. The molecule has 1 unspecified atom stereocenters. The quantitative estimate of drug-likeness (QED) is 0.703. The van der Waals surface area contributed by atoms with Gasteiger partial charge in [0.2, 0.25) is 5.91 Å². The fraction of sp³-hybridized carbons (Fsp3) is 0.538. The van der Waals surface area contributed by atoms with E-state index in [1.807, 2.05) is 25.1 Å². The van der Waals surface area contributed by atoms with Crippen LogP contribution in [0.3, 0.4) is 0 Å². The van der Waals surface area contributed by atoms with Crippen LogP contribution in [0.5, 0.6) is 0 Å². The summed E-state index contributed by atoms with van der Waals surface area (Å²) in [5, 5.41) is 16.7. The maximum absolute atomic E-state index is 11.6. The summed E-state index contributed by atoms with van der Waals surface area (Å²) in [5.74, 6) is -0.236. The zero-order chi connectivity index (χ0) is 14.5. The van der Waals surface area contributed by atoms with Gasteiger partial charge >= 0.3 is 0 Å². The van der Waals surface area contributed by atoms with Crippen LogP contribution in [0, 0.1) is 0 Å². The molecule has 0 fully saturated rings. The molecular formula is C13H22N4O2. The van der Waals surface area contributed by atoms with Gasteiger partial charge in [-0.3, -0.25) is 9.48 Å². The Kier molecular flexibility index (Phi) is 5.26. The molecule has 0 bridgehead atoms. The van der Waals surface area contributed by atoms with E-state index < -0.39 is 5.60 Å². The van der Waals surface area contributed by atoms with Crippen molar-refractivity contribution in [1.82, 2.24) is 20.0 Å². The minimum absolute atomic E-state index is 0.208. The molecule has 2 N–H and O–H groups in total. The van der Waals surface area contributed by atoms with Gasteiger partial charge in [-0.1, -0.05) is 0 Å². The molecule has 0 radical (unpaired) electrons. The molecule has 1 aromatic rings. The van der Waals surface area contributed by atoms with Gasteiger partial charge in [-0.05, 0) is 33.2 Å². The Morgan fingerprint density at radius 2 is 2.32 bits per heavy atom. The fourth-order valence-corrected chi connectivity index (χ4v) is 1.78. The Balaban J connectivity index is 2.44. The van der Waals surface area contributed by atoms with Gasteiger partial charge in [0.15, 0.2) is 0 Å². The van der Waals surface area contributed by atoms with Crippen molar-refractivity contribution in [2.45, 2.75) is 12.5 Å². The average molecular weight is 266 g/mol. The standard InChI is InChI=1S/C13H22N4O2/c1-13(19,10-16(2)3)9-14-12(18)6-5-11-7-8-15-17(11)4/h5-8,19H,9-10H2,1-4H3,(H,14,18)/b6-5+. The van der Waals surface area contributed by atoms with Crippen molar-refractivity contribution in [3.8, 4) is 0 Å². The van der Waals surface area contributed by atoms with Crippen LogP contribution in [-0.4, -0.2) is 58.5 Å². The van der Waals surface area contributed by atoms with Crippen LogP contribution in [0.2, 0.25) is 0 Å². The SMILES string of the molecule is CN(C)CC(C)(O)CNC(=O)/C=C/c1ccnn1C. The van der Waals surface area contributed by atoms with Crippen molar-refractivity contribution >= 4 is 12.0 Å². The van der Waals surface area contributed by atoms with Gasteiger partial charge in [-0.2, -0.15) is 5.10 Å². The number of aliphatic hydroxyl groups is 1. The lowest BCUT2D eigenvalue weighted by molar-refractivity contribution is -0.117. The van der Waals surface area contributed by atoms with Gasteiger partial charge in [0.1, 0.15) is 0 Å². The first-order valence-corrected chi connectivity index (χ1v) is 6.11. The van der Waals surface area contributed by atoms with E-state index in [0.29, 0.717) is 6.54 Å². The number of carbonyl (C=O) groups is 1. The van der Waals surface area contributed by atoms with Crippen molar-refractivity contribution in [3.05, 3.63) is 24.0 Å². The molecule has 0 saturated carbocycles. The molecule has 1 atom stereocenters. The van der Waals surface area contributed by atoms with Crippen LogP contribution in [-0.2, 0) is 11.8 Å². The van der Waals surface area contributed by atoms with E-state index in [4.69, 9.17) is 0 Å². The summed E-state index contributed by atoms with van der Waals surface area (Å²) in [4.78, 5) is 13.5. The van der Waals surface area contributed by atoms with Crippen LogP contribution in [0.4, 0.5) is 0 Å². The minimum Gasteiger partial charge on any atom is -0.387 e. The molecule has 1 rings (SSSR count). The normalized spacial score (nSPS) is 14.8. The van der Waals surface area contributed by atoms with Crippen LogP contribution >= 0.6 is 0 Å². The number of carbonyl (C=O) groups excluding carboxylic acids is 1. The Labute approximate surface area is 113 Å². The second-order valence-electron chi connectivity index (χ2n) is 5.17. The van der Waals surface area contributed by atoms with Crippen molar-refractivity contribution < 1.29 is 9.90 Å². The molecule has 106 valence electrons. The molecule has 0 aliphatic rings. The van der Waals surface area contributed by atoms with Crippen LogP contribution in [0.15, 0.2) is 18.3 Å². The molecule has 19 heavy (non-hydrogen) atoms. The molecule has 1 aromatic heterocycles. The number of hydrogen-bond acceptors (Lipinski definition) is 4. The van der Waals surface area contributed by atoms with Crippen LogP contribution < -0.4 is 5.32 Å². The molecular weight excluding hydrogens is 244 g/mol. The maximum Gasteiger partial charge on any atom is 0.244 e. The van der Waals surface area contributed by atoms with E-state index in [9.17, 15) is 9.90 Å². The lowest BCUT2D eigenvalue weighted by Crippen LogP contribution is -2.46. The van der Waals surface area contributed by atoms with Crippen molar-refractivity contribution in [1.29, 1.82) is 0 Å². The Bertz CT molecular complexity index is 449. The highest BCUT2D eigenvalue weighted by Gasteiger charge is 2.21. The van der Waals surface area contributed by atoms with Crippen molar-refractivity contribution in [2.75, 3.05) is 27.2 Å². The van der Waals surface area contributed by atoms with Crippen molar-refractivity contribution in [3.63, 3.8) is 0 Å². The highest BCUT2D eigenvalue weighted by Crippen LogP contribution is 2.03. The van der Waals surface area contributed by atoms with E-state index in [1.54, 1.807) is 30.9 Å². The number of likely N-dealkylation sites (N-methyl/N-ethyl adjacent to an activating group) is 1. The molecule has 0 aliphatic carbocycles. The van der Waals surface area contributed by atoms with E-state index in [-0.39, 0.29) is 12.5 Å². The molecule has 0 aromatic carbocycles. The van der Waals surface area contributed by atoms with Gasteiger partial charge in [0, 0.05) is 32.4 Å². The number of nitrogens with zero attached hydrogens (tertiary/aromatic N) is 3. The third-order valence-corrected chi connectivity index (χ3v) is 2.56. The van der Waals surface area contributed by atoms with Gasteiger partial charge in [0.25, 0.3) is 0 Å². The Morgan fingerprint density at radius 1 is 1.63 bits per heavy atom. The zero-order valence-electron chi connectivity index (χ0n) is 11.9. The van der Waals surface area contributed by atoms with E-state index in [1.165, 1.54) is 6.08 Å². The number of aromatic nitrogens is 2. The largest absolute Gasteiger partial charge is 0.387 e. The summed E-state index contributed by atoms with van der Waals surface area (Å²) in [6, 6.07) is 1.81. The Morgan fingerprint density at radius 3 is 2.84 bits per heavy atom. The van der Waals surface area contributed by atoms with Crippen molar-refractivity contribution in [2.24, 2.45) is 7.05 Å². The highest BCUT2D eigenvalue weighted by atomic mass is 16.3. The zero-order valence-corrected chi connectivity index (χ0v) is 11.9. The molecule has 0 aliphatic heterocycles. The van der Waals surface area contributed by atoms with Crippen LogP contribution in [0.1, 0.15) is 12.6 Å². The maximum atomic E-state index is 11.6. The summed E-state index contributed by atoms with van der Waals surface area (Å²) in [6.07, 6.45) is 4.78. The summed E-state index contributed by atoms with van der Waals surface area (Å²) < 4.78 is 1.67. The van der Waals surface area contributed by atoms with E-state index in [2.05, 4.69) is 10.4 Å². The van der Waals surface area contributed by atoms with Gasteiger partial charge in [0.05, 0.1) is 11.3 Å². The number of nitrogens with one attached hydrogen (secondary N) is 1. The van der Waals surface area contributed by atoms with E-state index in [0.717, 1.165) is 5.69 Å². The van der Waals surface area contributed by atoms with Gasteiger partial charge < -0.3 is 15.3 Å². The number of amides is 1. The average Bonchev–Trinajstić information content (AvgIpc) is 2.68. The first-order chi connectivity index (χ1) is 8.80. The summed E-state index contributed by atoms with van der Waals surface area (Å²) in [5.41, 5.74) is -0.102. The Hall–Kier alpha value is -1.66. The first kappa shape index (κ1) is 15.4. The second-order valence-corrected chi connectivity index (χ2v) is 5.17. The summed E-state index contributed by atoms with van der Waals surface area (Å²) >= 11 is 0. The molecule has 0 saturated heterocycles. The van der Waals surface area contributed by atoms with Crippen LogP contribution in [0.25, 0.3) is 6.08 Å². The molecule has 1 heterocycles. The summed E-state index contributed by atoms with van der Waals surface area (Å²) in [7, 11) is 5.55. The second kappa shape index (κ2) is 6.49. The molecule has 1 amide bonds. The third kappa shape index (κ3) is 5.67. The van der Waals surface area contributed by atoms with Gasteiger partial charge in [-0.15, -0.1) is 0 Å². The third-order valence-electron chi connectivity index (χ3n) is 2.56. The number of hydrogen-bond donors (Lipinski definition) is 2. The molecule has 0 spiro atoms. The number of aryl methyl sites for hydroxylation is 1. The lowest BCUT2D eigenvalue weighted by atomic mass is 10.1. The highest BCUT2D eigenvalue weighted by molar-refractivity contribution is 5.91. The van der Waals surface area contributed by atoms with E-state index >= 15 is 0 Å². The fourth-order valence-electron chi connectivity index (χ4n) is 1.78. The predicted molar refractivity (Wildman–Crippen MR) is 74.4 cm³/mol. The molecule has 6 heteroatoms.